The summed E-state index contributed by atoms with van der Waals surface area (Å²) in [6.07, 6.45) is 2.34. The molecule has 2 aromatic rings. The third kappa shape index (κ3) is 3.40. The summed E-state index contributed by atoms with van der Waals surface area (Å²) in [7, 11) is -2.44. The Morgan fingerprint density at radius 1 is 1.33 bits per heavy atom. The minimum atomic E-state index is -3.88. The Bertz CT molecular complexity index is 973. The van der Waals surface area contributed by atoms with Crippen molar-refractivity contribution in [1.29, 1.82) is 0 Å². The molecule has 0 bridgehead atoms. The Morgan fingerprint density at radius 2 is 1.96 bits per heavy atom. The molecule has 10 heteroatoms. The molecule has 0 aliphatic rings. The van der Waals surface area contributed by atoms with E-state index in [0.29, 0.717) is 12.8 Å². The summed E-state index contributed by atoms with van der Waals surface area (Å²) >= 11 is 0. The van der Waals surface area contributed by atoms with Crippen LogP contribution in [-0.4, -0.2) is 35.0 Å². The van der Waals surface area contributed by atoms with Gasteiger partial charge in [0.25, 0.3) is 5.56 Å². The molecule has 9 nitrogen and oxygen atoms in total. The Morgan fingerprint density at radius 3 is 2.54 bits per heavy atom. The topological polar surface area (TPSA) is 140 Å². The Labute approximate surface area is 139 Å². The van der Waals surface area contributed by atoms with Crippen LogP contribution in [0.4, 0.5) is 0 Å². The van der Waals surface area contributed by atoms with Crippen molar-refractivity contribution in [1.82, 2.24) is 19.3 Å². The highest BCUT2D eigenvalue weighted by molar-refractivity contribution is 7.89. The van der Waals surface area contributed by atoms with Crippen molar-refractivity contribution < 1.29 is 8.42 Å². The van der Waals surface area contributed by atoms with Gasteiger partial charge in [0, 0.05) is 25.3 Å². The fraction of sp³-hybridized carbons (Fsp3) is 0.500. The van der Waals surface area contributed by atoms with E-state index < -0.39 is 26.8 Å². The van der Waals surface area contributed by atoms with E-state index in [-0.39, 0.29) is 22.5 Å². The van der Waals surface area contributed by atoms with E-state index in [9.17, 15) is 18.0 Å². The van der Waals surface area contributed by atoms with E-state index in [1.54, 1.807) is 0 Å². The molecule has 0 amide bonds. The normalized spacial score (nSPS) is 12.7. The number of fused-ring (bicyclic) bond motifs is 1. The fourth-order valence-corrected chi connectivity index (χ4v) is 3.29. The van der Waals surface area contributed by atoms with Crippen LogP contribution in [0.3, 0.4) is 0 Å². The number of sulfonamides is 1. The lowest BCUT2D eigenvalue weighted by atomic mass is 9.95. The molecule has 0 aliphatic carbocycles. The molecule has 132 valence electrons. The molecular formula is C14H21N5O4S. The highest BCUT2D eigenvalue weighted by atomic mass is 32.2. The van der Waals surface area contributed by atoms with Crippen LogP contribution in [-0.2, 0) is 17.1 Å². The minimum Gasteiger partial charge on any atom is -0.324 e. The number of aryl methyl sites for hydroxylation is 1. The van der Waals surface area contributed by atoms with E-state index in [0.717, 1.165) is 10.8 Å². The first-order valence-electron chi connectivity index (χ1n) is 7.51. The molecule has 0 saturated heterocycles. The molecule has 0 saturated carbocycles. The molecule has 2 aromatic heterocycles. The minimum absolute atomic E-state index is 0.0185. The lowest BCUT2D eigenvalue weighted by Gasteiger charge is -2.26. The quantitative estimate of drug-likeness (QED) is 0.633. The molecule has 24 heavy (non-hydrogen) atoms. The zero-order chi connectivity index (χ0) is 18.1. The molecule has 2 heterocycles. The number of nitrogens with one attached hydrogen (secondary N) is 2. The van der Waals surface area contributed by atoms with Gasteiger partial charge in [0.1, 0.15) is 10.5 Å². The monoisotopic (exact) mass is 355 g/mol. The van der Waals surface area contributed by atoms with Crippen molar-refractivity contribution in [3.8, 4) is 0 Å². The van der Waals surface area contributed by atoms with Gasteiger partial charge in [-0.05, 0) is 18.9 Å². The van der Waals surface area contributed by atoms with Gasteiger partial charge < -0.3 is 5.73 Å². The van der Waals surface area contributed by atoms with Crippen LogP contribution in [0.5, 0.6) is 0 Å². The van der Waals surface area contributed by atoms with E-state index >= 15 is 0 Å². The van der Waals surface area contributed by atoms with Gasteiger partial charge in [-0.3, -0.25) is 14.3 Å². The first-order chi connectivity index (χ1) is 11.1. The van der Waals surface area contributed by atoms with Crippen LogP contribution in [0.15, 0.2) is 26.7 Å². The Hall–Kier alpha value is -2.04. The highest BCUT2D eigenvalue weighted by Gasteiger charge is 2.24. The maximum atomic E-state index is 12.4. The molecule has 0 spiro atoms. The van der Waals surface area contributed by atoms with Crippen LogP contribution >= 0.6 is 0 Å². The maximum Gasteiger partial charge on any atom is 0.329 e. The van der Waals surface area contributed by atoms with Crippen molar-refractivity contribution in [3.05, 3.63) is 33.1 Å². The summed E-state index contributed by atoms with van der Waals surface area (Å²) < 4.78 is 28.5. The van der Waals surface area contributed by atoms with Crippen LogP contribution in [0, 0.1) is 0 Å². The van der Waals surface area contributed by atoms with Crippen molar-refractivity contribution in [2.24, 2.45) is 12.8 Å². The van der Waals surface area contributed by atoms with Gasteiger partial charge in [-0.2, -0.15) is 0 Å². The first kappa shape index (κ1) is 18.3. The summed E-state index contributed by atoms with van der Waals surface area (Å²) in [5, 5.41) is 0.0185. The molecule has 0 radical (unpaired) electrons. The summed E-state index contributed by atoms with van der Waals surface area (Å²) in [6, 6.07) is 1.19. The standard InChI is InChI=1S/C14H21N5O4S/c1-4-14(15,5-2)8-17-24(22,23)9-6-10-11(16-7-9)19(3)13(21)18-12(10)20/h6-7,17H,4-5,8,15H2,1-3H3,(H,18,20,21). The van der Waals surface area contributed by atoms with Gasteiger partial charge in [0.2, 0.25) is 10.0 Å². The number of rotatable bonds is 6. The molecular weight excluding hydrogens is 334 g/mol. The molecule has 0 atom stereocenters. The highest BCUT2D eigenvalue weighted by Crippen LogP contribution is 2.15. The van der Waals surface area contributed by atoms with Gasteiger partial charge in [-0.25, -0.2) is 22.9 Å². The van der Waals surface area contributed by atoms with Crippen molar-refractivity contribution in [3.63, 3.8) is 0 Å². The molecule has 0 aromatic carbocycles. The number of hydrogen-bond donors (Lipinski definition) is 3. The smallest absolute Gasteiger partial charge is 0.324 e. The summed E-state index contributed by atoms with van der Waals surface area (Å²) in [5.74, 6) is 0. The SMILES string of the molecule is CCC(N)(CC)CNS(=O)(=O)c1cnc2c(c1)c(=O)[nH]c(=O)n2C. The zero-order valence-corrected chi connectivity index (χ0v) is 14.6. The lowest BCUT2D eigenvalue weighted by Crippen LogP contribution is -2.49. The number of aromatic amines is 1. The molecule has 2 rings (SSSR count). The van der Waals surface area contributed by atoms with Crippen LogP contribution in [0.25, 0.3) is 11.0 Å². The van der Waals surface area contributed by atoms with Crippen LogP contribution in [0.1, 0.15) is 26.7 Å². The number of aromatic nitrogens is 3. The predicted molar refractivity (Wildman–Crippen MR) is 90.3 cm³/mol. The fourth-order valence-electron chi connectivity index (χ4n) is 2.19. The molecule has 0 fully saturated rings. The lowest BCUT2D eigenvalue weighted by molar-refractivity contribution is 0.392. The van der Waals surface area contributed by atoms with Gasteiger partial charge >= 0.3 is 5.69 Å². The third-order valence-electron chi connectivity index (χ3n) is 4.26. The third-order valence-corrected chi connectivity index (χ3v) is 5.63. The number of hydrogen-bond acceptors (Lipinski definition) is 6. The van der Waals surface area contributed by atoms with Crippen molar-refractivity contribution >= 4 is 21.1 Å². The van der Waals surface area contributed by atoms with Crippen molar-refractivity contribution in [2.45, 2.75) is 37.1 Å². The van der Waals surface area contributed by atoms with E-state index in [1.165, 1.54) is 13.1 Å². The Balaban J connectivity index is 2.45. The van der Waals surface area contributed by atoms with E-state index in [2.05, 4.69) is 14.7 Å². The second-order valence-electron chi connectivity index (χ2n) is 5.75. The predicted octanol–water partition coefficient (Wildman–Crippen LogP) is -0.582. The largest absolute Gasteiger partial charge is 0.329 e. The molecule has 4 N–H and O–H groups in total. The van der Waals surface area contributed by atoms with Gasteiger partial charge in [0.05, 0.1) is 5.39 Å². The maximum absolute atomic E-state index is 12.4. The average molecular weight is 355 g/mol. The van der Waals surface area contributed by atoms with Crippen LogP contribution in [0.2, 0.25) is 0 Å². The summed E-state index contributed by atoms with van der Waals surface area (Å²) in [5.41, 5.74) is 4.26. The van der Waals surface area contributed by atoms with E-state index in [4.69, 9.17) is 5.73 Å². The number of H-pyrrole nitrogens is 1. The Kier molecular flexibility index (Phi) is 4.92. The van der Waals surface area contributed by atoms with Crippen molar-refractivity contribution in [2.75, 3.05) is 6.54 Å². The first-order valence-corrected chi connectivity index (χ1v) is 8.99. The second-order valence-corrected chi connectivity index (χ2v) is 7.52. The second kappa shape index (κ2) is 6.46. The van der Waals surface area contributed by atoms with Gasteiger partial charge in [0.15, 0.2) is 0 Å². The summed E-state index contributed by atoms with van der Waals surface area (Å²) in [4.78, 5) is 29.3. The molecule has 0 unspecified atom stereocenters. The molecule has 0 aliphatic heterocycles. The van der Waals surface area contributed by atoms with E-state index in [1.807, 2.05) is 13.8 Å². The van der Waals surface area contributed by atoms with Gasteiger partial charge in [-0.1, -0.05) is 13.8 Å². The van der Waals surface area contributed by atoms with Gasteiger partial charge in [-0.15, -0.1) is 0 Å². The number of nitrogens with two attached hydrogens (primary N) is 1. The van der Waals surface area contributed by atoms with Crippen LogP contribution < -0.4 is 21.7 Å². The summed E-state index contributed by atoms with van der Waals surface area (Å²) in [6.45, 7) is 3.84. The number of nitrogens with zero attached hydrogens (tertiary/aromatic N) is 2. The average Bonchev–Trinajstić information content (AvgIpc) is 2.57. The number of pyridine rings is 1. The zero-order valence-electron chi connectivity index (χ0n) is 13.8.